The molecule has 5 N–H and O–H groups in total. The second-order valence-corrected chi connectivity index (χ2v) is 9.95. The monoisotopic (exact) mass is 578 g/mol. The number of nitrogens with one attached hydrogen (secondary N) is 1. The minimum atomic E-state index is -5.03. The van der Waals surface area contributed by atoms with Gasteiger partial charge in [0.2, 0.25) is 0 Å². The third-order valence-corrected chi connectivity index (χ3v) is 7.40. The van der Waals surface area contributed by atoms with Gasteiger partial charge in [-0.15, -0.1) is 0 Å². The van der Waals surface area contributed by atoms with Gasteiger partial charge in [-0.25, -0.2) is 15.0 Å². The number of alkyl halides is 3. The minimum Gasteiger partial charge on any atom is -0.390 e. The van der Waals surface area contributed by atoms with Crippen LogP contribution in [0.3, 0.4) is 0 Å². The number of nitrogen functional groups attached to an aromatic ring is 1. The highest BCUT2D eigenvalue weighted by atomic mass is 79.9. The van der Waals surface area contributed by atoms with Crippen LogP contribution < -0.4 is 11.1 Å². The van der Waals surface area contributed by atoms with E-state index >= 15 is 0 Å². The third-order valence-electron chi connectivity index (χ3n) is 6.80. The first-order chi connectivity index (χ1) is 17.5. The van der Waals surface area contributed by atoms with Gasteiger partial charge in [0.25, 0.3) is 0 Å². The molecule has 3 heterocycles. The Hall–Kier alpha value is -3.29. The normalized spacial score (nSPS) is 22.1. The largest absolute Gasteiger partial charge is 0.471 e. The summed E-state index contributed by atoms with van der Waals surface area (Å²) >= 11 is 3.15. The molecule has 0 radical (unpaired) electrons. The molecule has 1 fully saturated rings. The molecule has 1 aliphatic carbocycles. The van der Waals surface area contributed by atoms with Crippen molar-refractivity contribution in [3.63, 3.8) is 0 Å². The van der Waals surface area contributed by atoms with Crippen LogP contribution in [0.1, 0.15) is 24.4 Å². The number of nitrogens with zero attached hydrogens (tertiary/aromatic N) is 4. The molecule has 9 nitrogen and oxygen atoms in total. The number of halogens is 4. The quantitative estimate of drug-likeness (QED) is 0.283. The lowest BCUT2D eigenvalue weighted by Gasteiger charge is -2.19. The van der Waals surface area contributed by atoms with Gasteiger partial charge in [-0.3, -0.25) is 4.79 Å². The molecule has 13 heteroatoms. The molecular weight excluding hydrogens is 557 g/mol. The fraction of sp³-hybridized carbons (Fsp3) is 0.333. The van der Waals surface area contributed by atoms with E-state index < -0.39 is 24.3 Å². The van der Waals surface area contributed by atoms with Gasteiger partial charge in [-0.2, -0.15) is 13.2 Å². The molecule has 4 atom stereocenters. The number of rotatable bonds is 5. The number of aliphatic hydroxyl groups is 2. The van der Waals surface area contributed by atoms with Crippen molar-refractivity contribution in [2.24, 2.45) is 5.92 Å². The fourth-order valence-corrected chi connectivity index (χ4v) is 5.32. The molecule has 0 bridgehead atoms. The predicted molar refractivity (Wildman–Crippen MR) is 134 cm³/mol. The molecule has 0 aliphatic heterocycles. The number of anilines is 2. The average Bonchev–Trinajstić information content (AvgIpc) is 3.39. The summed E-state index contributed by atoms with van der Waals surface area (Å²) in [4.78, 5) is 23.8. The summed E-state index contributed by atoms with van der Waals surface area (Å²) in [6.07, 6.45) is -2.22. The van der Waals surface area contributed by atoms with Crippen molar-refractivity contribution in [3.05, 3.63) is 52.9 Å². The van der Waals surface area contributed by atoms with Crippen molar-refractivity contribution >= 4 is 55.4 Å². The molecule has 1 saturated carbocycles. The van der Waals surface area contributed by atoms with Gasteiger partial charge in [-0.1, -0.05) is 12.1 Å². The van der Waals surface area contributed by atoms with Crippen molar-refractivity contribution in [1.82, 2.24) is 19.5 Å². The number of hydrogen-bond acceptors (Lipinski definition) is 7. The zero-order valence-corrected chi connectivity index (χ0v) is 20.7. The number of hydrogen-bond donors (Lipinski definition) is 4. The van der Waals surface area contributed by atoms with Crippen molar-refractivity contribution in [2.75, 3.05) is 11.1 Å². The van der Waals surface area contributed by atoms with Crippen LogP contribution in [0.15, 0.2) is 47.3 Å². The number of aromatic nitrogens is 4. The number of nitrogens with two attached hydrogens (primary N) is 1. The number of carbonyl (C=O) groups is 1. The maximum absolute atomic E-state index is 12.7. The molecular formula is C24H22BrF3N6O3. The van der Waals surface area contributed by atoms with Crippen LogP contribution in [-0.2, 0) is 11.2 Å². The van der Waals surface area contributed by atoms with Crippen LogP contribution in [0.4, 0.5) is 24.8 Å². The Labute approximate surface area is 216 Å². The van der Waals surface area contributed by atoms with Crippen LogP contribution in [-0.4, -0.2) is 54.0 Å². The van der Waals surface area contributed by atoms with E-state index in [2.05, 4.69) is 30.9 Å². The Bertz CT molecular complexity index is 1490. The molecule has 1 aliphatic rings. The van der Waals surface area contributed by atoms with Crippen molar-refractivity contribution < 1.29 is 28.2 Å². The van der Waals surface area contributed by atoms with E-state index in [0.29, 0.717) is 47.0 Å². The summed E-state index contributed by atoms with van der Waals surface area (Å²) < 4.78 is 40.0. The Morgan fingerprint density at radius 1 is 1.19 bits per heavy atom. The number of fused-ring (bicyclic) bond motifs is 2. The lowest BCUT2D eigenvalue weighted by molar-refractivity contribution is -0.167. The summed E-state index contributed by atoms with van der Waals surface area (Å²) in [6.45, 7) is 0. The second kappa shape index (κ2) is 9.54. The van der Waals surface area contributed by atoms with Gasteiger partial charge in [0.05, 0.1) is 27.5 Å². The Morgan fingerprint density at radius 3 is 2.73 bits per heavy atom. The van der Waals surface area contributed by atoms with E-state index in [1.165, 1.54) is 6.33 Å². The fourth-order valence-electron chi connectivity index (χ4n) is 4.88. The highest BCUT2D eigenvalue weighted by Gasteiger charge is 2.42. The number of pyridine rings is 1. The molecule has 37 heavy (non-hydrogen) atoms. The molecule has 4 aromatic rings. The average molecular weight is 579 g/mol. The van der Waals surface area contributed by atoms with Crippen molar-refractivity contribution in [1.29, 1.82) is 0 Å². The Balaban J connectivity index is 1.32. The van der Waals surface area contributed by atoms with Gasteiger partial charge < -0.3 is 25.8 Å². The topological polar surface area (TPSA) is 139 Å². The van der Waals surface area contributed by atoms with Crippen molar-refractivity contribution in [2.45, 2.75) is 43.7 Å². The van der Waals surface area contributed by atoms with E-state index in [1.54, 1.807) is 35.8 Å². The smallest absolute Gasteiger partial charge is 0.390 e. The van der Waals surface area contributed by atoms with Gasteiger partial charge in [0.15, 0.2) is 0 Å². The number of benzene rings is 1. The summed E-state index contributed by atoms with van der Waals surface area (Å²) in [6, 6.07) is 8.37. The van der Waals surface area contributed by atoms with Gasteiger partial charge in [0.1, 0.15) is 29.7 Å². The number of carbonyl (C=O) groups excluding carboxylic acids is 1. The van der Waals surface area contributed by atoms with Crippen LogP contribution in [0.25, 0.3) is 21.9 Å². The first-order valence-electron chi connectivity index (χ1n) is 11.4. The zero-order chi connectivity index (χ0) is 26.5. The highest BCUT2D eigenvalue weighted by Crippen LogP contribution is 2.40. The first kappa shape index (κ1) is 25.4. The SMILES string of the molecule is Nc1ncnc2c1ccn2[C@@H]1C[C@H](CCc2ccc3cc(Br)c(NC(=O)C(F)(F)F)nc3c2)[C@@H](O)[C@H]1O. The molecule has 0 spiro atoms. The Kier molecular flexibility index (Phi) is 6.54. The second-order valence-electron chi connectivity index (χ2n) is 9.10. The van der Waals surface area contributed by atoms with E-state index in [-0.39, 0.29) is 22.3 Å². The van der Waals surface area contributed by atoms with E-state index in [1.807, 2.05) is 10.6 Å². The van der Waals surface area contributed by atoms with E-state index in [9.17, 15) is 28.2 Å². The van der Waals surface area contributed by atoms with Gasteiger partial charge >= 0.3 is 12.1 Å². The highest BCUT2D eigenvalue weighted by molar-refractivity contribution is 9.10. The maximum Gasteiger partial charge on any atom is 0.471 e. The molecule has 1 amide bonds. The molecule has 0 saturated heterocycles. The summed E-state index contributed by atoms with van der Waals surface area (Å²) in [7, 11) is 0. The van der Waals surface area contributed by atoms with Crippen LogP contribution in [0.2, 0.25) is 0 Å². The van der Waals surface area contributed by atoms with Crippen LogP contribution in [0.5, 0.6) is 0 Å². The number of aliphatic hydroxyl groups excluding tert-OH is 2. The minimum absolute atomic E-state index is 0.202. The van der Waals surface area contributed by atoms with Gasteiger partial charge in [-0.05, 0) is 64.9 Å². The zero-order valence-electron chi connectivity index (χ0n) is 19.2. The Morgan fingerprint density at radius 2 is 1.97 bits per heavy atom. The van der Waals surface area contributed by atoms with Gasteiger partial charge in [0, 0.05) is 11.6 Å². The number of amides is 1. The maximum atomic E-state index is 12.7. The van der Waals surface area contributed by atoms with E-state index in [0.717, 1.165) is 5.56 Å². The number of aryl methyl sites for hydroxylation is 1. The van der Waals surface area contributed by atoms with Crippen LogP contribution >= 0.6 is 15.9 Å². The lowest BCUT2D eigenvalue weighted by atomic mass is 9.95. The van der Waals surface area contributed by atoms with E-state index in [4.69, 9.17) is 5.73 Å². The molecule has 0 unspecified atom stereocenters. The van der Waals surface area contributed by atoms with Crippen molar-refractivity contribution in [3.8, 4) is 0 Å². The molecule has 194 valence electrons. The summed E-state index contributed by atoms with van der Waals surface area (Å²) in [5.74, 6) is -2.20. The standard InChI is InChI=1S/C24H22BrF3N6O3/c25-15-8-12-3-1-11(7-16(12)32-21(15)33-23(37)24(26,27)28)2-4-13-9-17(19(36)18(13)35)34-6-5-14-20(29)30-10-31-22(14)34/h1,3,5-8,10,13,17-19,35-36H,2,4,9H2,(H2,29,30,31)(H,32,33,37)/t13-,17+,18+,19-/m0/s1. The van der Waals surface area contributed by atoms with Crippen LogP contribution in [0, 0.1) is 5.92 Å². The summed E-state index contributed by atoms with van der Waals surface area (Å²) in [5.41, 5.74) is 7.77. The third kappa shape index (κ3) is 4.86. The predicted octanol–water partition coefficient (Wildman–Crippen LogP) is 3.74. The molecule has 3 aromatic heterocycles. The molecule has 5 rings (SSSR count). The molecule has 1 aromatic carbocycles. The summed E-state index contributed by atoms with van der Waals surface area (Å²) in [5, 5.41) is 24.7. The lowest BCUT2D eigenvalue weighted by Crippen LogP contribution is -2.30. The first-order valence-corrected chi connectivity index (χ1v) is 12.2.